The van der Waals surface area contributed by atoms with E-state index in [9.17, 15) is 0 Å². The van der Waals surface area contributed by atoms with Crippen molar-refractivity contribution in [2.24, 2.45) is 0 Å². The maximum Gasteiger partial charge on any atom is 0.203 e. The van der Waals surface area contributed by atoms with E-state index in [0.29, 0.717) is 5.13 Å². The number of halogens is 2. The highest BCUT2D eigenvalue weighted by Crippen LogP contribution is 2.32. The van der Waals surface area contributed by atoms with Crippen LogP contribution in [0.15, 0.2) is 27.1 Å². The minimum Gasteiger partial charge on any atom is -0.374 e. The molecule has 0 fully saturated rings. The average Bonchev–Trinajstić information content (AvgIpc) is 2.51. The molecular formula is C8H5Br2N3S. The Morgan fingerprint density at radius 3 is 2.57 bits per heavy atom. The number of nitrogens with two attached hydrogens (primary N) is 1. The van der Waals surface area contributed by atoms with Crippen LogP contribution in [0.1, 0.15) is 0 Å². The summed E-state index contributed by atoms with van der Waals surface area (Å²) in [6.45, 7) is 0. The molecule has 2 aromatic rings. The van der Waals surface area contributed by atoms with Crippen molar-refractivity contribution in [1.82, 2.24) is 10.2 Å². The van der Waals surface area contributed by atoms with Crippen LogP contribution in [0, 0.1) is 0 Å². The molecule has 2 rings (SSSR count). The number of hydrogen-bond acceptors (Lipinski definition) is 4. The second-order valence-electron chi connectivity index (χ2n) is 2.57. The fourth-order valence-electron chi connectivity index (χ4n) is 1.01. The van der Waals surface area contributed by atoms with Crippen LogP contribution >= 0.6 is 43.2 Å². The van der Waals surface area contributed by atoms with Gasteiger partial charge in [-0.3, -0.25) is 0 Å². The Hall–Kier alpha value is -0.460. The number of benzene rings is 1. The van der Waals surface area contributed by atoms with Gasteiger partial charge in [-0.25, -0.2) is 0 Å². The van der Waals surface area contributed by atoms with Gasteiger partial charge in [0.15, 0.2) is 5.01 Å². The molecule has 0 amide bonds. The summed E-state index contributed by atoms with van der Waals surface area (Å²) in [5.74, 6) is 0. The second-order valence-corrected chi connectivity index (χ2v) is 5.35. The van der Waals surface area contributed by atoms with E-state index in [1.54, 1.807) is 0 Å². The largest absolute Gasteiger partial charge is 0.374 e. The van der Waals surface area contributed by atoms with Gasteiger partial charge in [0.25, 0.3) is 0 Å². The standard InChI is InChI=1S/C8H5Br2N3S/c9-4-1-2-5(6(10)3-4)7-12-13-8(11)14-7/h1-3H,(H2,11,13). The van der Waals surface area contributed by atoms with E-state index in [2.05, 4.69) is 42.1 Å². The Kier molecular flexibility index (Phi) is 2.85. The first-order valence-electron chi connectivity index (χ1n) is 3.71. The molecule has 72 valence electrons. The van der Waals surface area contributed by atoms with Crippen molar-refractivity contribution in [3.05, 3.63) is 27.1 Å². The van der Waals surface area contributed by atoms with Crippen molar-refractivity contribution in [3.63, 3.8) is 0 Å². The van der Waals surface area contributed by atoms with Crippen LogP contribution in [0.4, 0.5) is 5.13 Å². The molecule has 0 unspecified atom stereocenters. The molecule has 1 aromatic carbocycles. The zero-order valence-electron chi connectivity index (χ0n) is 6.87. The molecule has 0 aliphatic heterocycles. The highest BCUT2D eigenvalue weighted by molar-refractivity contribution is 9.11. The lowest BCUT2D eigenvalue weighted by molar-refractivity contribution is 1.10. The van der Waals surface area contributed by atoms with Crippen molar-refractivity contribution in [3.8, 4) is 10.6 Å². The maximum absolute atomic E-state index is 5.52. The van der Waals surface area contributed by atoms with Crippen LogP contribution in [0.2, 0.25) is 0 Å². The predicted octanol–water partition coefficient (Wildman–Crippen LogP) is 3.31. The molecule has 3 nitrogen and oxygen atoms in total. The Bertz CT molecular complexity index is 469. The number of hydrogen-bond donors (Lipinski definition) is 1. The molecule has 0 saturated heterocycles. The van der Waals surface area contributed by atoms with Gasteiger partial charge in [0.1, 0.15) is 0 Å². The first kappa shape index (κ1) is 10.1. The molecule has 14 heavy (non-hydrogen) atoms. The molecule has 2 N–H and O–H groups in total. The third kappa shape index (κ3) is 1.97. The van der Waals surface area contributed by atoms with E-state index < -0.39 is 0 Å². The minimum absolute atomic E-state index is 0.481. The quantitative estimate of drug-likeness (QED) is 0.870. The highest BCUT2D eigenvalue weighted by Gasteiger charge is 2.08. The molecule has 0 aliphatic rings. The highest BCUT2D eigenvalue weighted by atomic mass is 79.9. The zero-order chi connectivity index (χ0) is 10.1. The van der Waals surface area contributed by atoms with E-state index in [1.807, 2.05) is 18.2 Å². The lowest BCUT2D eigenvalue weighted by Gasteiger charge is -1.99. The smallest absolute Gasteiger partial charge is 0.203 e. The van der Waals surface area contributed by atoms with Gasteiger partial charge in [0, 0.05) is 14.5 Å². The minimum atomic E-state index is 0.481. The summed E-state index contributed by atoms with van der Waals surface area (Å²) in [6.07, 6.45) is 0. The number of rotatable bonds is 1. The fraction of sp³-hybridized carbons (Fsp3) is 0. The lowest BCUT2D eigenvalue weighted by Crippen LogP contribution is -1.80. The second kappa shape index (κ2) is 3.96. The first-order valence-corrected chi connectivity index (χ1v) is 6.11. The van der Waals surface area contributed by atoms with Gasteiger partial charge in [0.2, 0.25) is 5.13 Å². The topological polar surface area (TPSA) is 51.8 Å². The van der Waals surface area contributed by atoms with Crippen LogP contribution in [-0.2, 0) is 0 Å². The van der Waals surface area contributed by atoms with E-state index >= 15 is 0 Å². The molecule has 1 heterocycles. The van der Waals surface area contributed by atoms with Crippen LogP contribution in [0.5, 0.6) is 0 Å². The molecule has 0 saturated carbocycles. The third-order valence-electron chi connectivity index (χ3n) is 1.60. The number of nitrogens with zero attached hydrogens (tertiary/aromatic N) is 2. The third-order valence-corrected chi connectivity index (χ3v) is 3.54. The average molecular weight is 335 g/mol. The lowest BCUT2D eigenvalue weighted by atomic mass is 10.2. The summed E-state index contributed by atoms with van der Waals surface area (Å²) in [4.78, 5) is 0. The van der Waals surface area contributed by atoms with Crippen LogP contribution in [0.3, 0.4) is 0 Å². The fourth-order valence-corrected chi connectivity index (χ4v) is 3.02. The Labute approximate surface area is 102 Å². The van der Waals surface area contributed by atoms with Gasteiger partial charge < -0.3 is 5.73 Å². The Morgan fingerprint density at radius 2 is 2.00 bits per heavy atom. The molecule has 0 spiro atoms. The number of nitrogen functional groups attached to an aromatic ring is 1. The normalized spacial score (nSPS) is 10.4. The first-order chi connectivity index (χ1) is 6.66. The zero-order valence-corrected chi connectivity index (χ0v) is 10.9. The molecule has 0 atom stereocenters. The summed E-state index contributed by atoms with van der Waals surface area (Å²) in [7, 11) is 0. The Morgan fingerprint density at radius 1 is 1.21 bits per heavy atom. The number of anilines is 1. The van der Waals surface area contributed by atoms with E-state index in [0.717, 1.165) is 19.5 Å². The van der Waals surface area contributed by atoms with Gasteiger partial charge in [-0.15, -0.1) is 10.2 Å². The predicted molar refractivity (Wildman–Crippen MR) is 65.2 cm³/mol. The van der Waals surface area contributed by atoms with Gasteiger partial charge in [0.05, 0.1) is 0 Å². The SMILES string of the molecule is Nc1nnc(-c2ccc(Br)cc2Br)s1. The van der Waals surface area contributed by atoms with E-state index in [1.165, 1.54) is 11.3 Å². The van der Waals surface area contributed by atoms with Crippen molar-refractivity contribution in [2.75, 3.05) is 5.73 Å². The summed E-state index contributed by atoms with van der Waals surface area (Å²) >= 11 is 8.22. The van der Waals surface area contributed by atoms with Crippen molar-refractivity contribution in [1.29, 1.82) is 0 Å². The van der Waals surface area contributed by atoms with E-state index in [-0.39, 0.29) is 0 Å². The summed E-state index contributed by atoms with van der Waals surface area (Å²) in [5.41, 5.74) is 6.52. The molecule has 6 heteroatoms. The monoisotopic (exact) mass is 333 g/mol. The van der Waals surface area contributed by atoms with Gasteiger partial charge >= 0.3 is 0 Å². The molecule has 1 aromatic heterocycles. The summed E-state index contributed by atoms with van der Waals surface area (Å²) in [5, 5.41) is 9.05. The van der Waals surface area contributed by atoms with Crippen LogP contribution in [-0.4, -0.2) is 10.2 Å². The summed E-state index contributed by atoms with van der Waals surface area (Å²) in [6, 6.07) is 5.89. The van der Waals surface area contributed by atoms with E-state index in [4.69, 9.17) is 5.73 Å². The molecule has 0 radical (unpaired) electrons. The maximum atomic E-state index is 5.52. The van der Waals surface area contributed by atoms with Gasteiger partial charge in [-0.1, -0.05) is 43.2 Å². The molecule has 0 bridgehead atoms. The van der Waals surface area contributed by atoms with Gasteiger partial charge in [-0.05, 0) is 18.2 Å². The van der Waals surface area contributed by atoms with Crippen molar-refractivity contribution in [2.45, 2.75) is 0 Å². The Balaban J connectivity index is 2.52. The summed E-state index contributed by atoms with van der Waals surface area (Å²) < 4.78 is 1.99. The number of aromatic nitrogens is 2. The van der Waals surface area contributed by atoms with Crippen molar-refractivity contribution < 1.29 is 0 Å². The van der Waals surface area contributed by atoms with Crippen LogP contribution < -0.4 is 5.73 Å². The van der Waals surface area contributed by atoms with Crippen molar-refractivity contribution >= 4 is 48.3 Å². The van der Waals surface area contributed by atoms with Crippen LogP contribution in [0.25, 0.3) is 10.6 Å². The molecular weight excluding hydrogens is 330 g/mol. The molecule has 0 aliphatic carbocycles. The van der Waals surface area contributed by atoms with Gasteiger partial charge in [-0.2, -0.15) is 0 Å².